The van der Waals surface area contributed by atoms with Gasteiger partial charge in [-0.25, -0.2) is 13.1 Å². The van der Waals surface area contributed by atoms with Crippen LogP contribution in [0.4, 0.5) is 0 Å². The maximum Gasteiger partial charge on any atom is 0.307 e. The largest absolute Gasteiger partial charge is 0.493 e. The van der Waals surface area contributed by atoms with E-state index < -0.39 is 15.3 Å². The molecular formula is C26H42N2O6S. The molecule has 1 saturated heterocycles. The van der Waals surface area contributed by atoms with Crippen molar-refractivity contribution in [3.05, 3.63) is 23.3 Å². The molecule has 2 aliphatic heterocycles. The molecule has 198 valence electrons. The molecule has 1 N–H and O–H groups in total. The fourth-order valence-corrected chi connectivity index (χ4v) is 6.03. The molecule has 1 aromatic carbocycles. The molecule has 0 amide bonds. The van der Waals surface area contributed by atoms with Gasteiger partial charge in [-0.05, 0) is 74.1 Å². The third-order valence-corrected chi connectivity index (χ3v) is 9.11. The zero-order valence-corrected chi connectivity index (χ0v) is 22.8. The smallest absolute Gasteiger partial charge is 0.307 e. The molecule has 3 rings (SSSR count). The lowest BCUT2D eigenvalue weighted by Gasteiger charge is -2.47. The van der Waals surface area contributed by atoms with Crippen LogP contribution in [0.25, 0.3) is 0 Å². The van der Waals surface area contributed by atoms with Crippen molar-refractivity contribution >= 4 is 16.0 Å². The van der Waals surface area contributed by atoms with Crippen LogP contribution in [0, 0.1) is 17.8 Å². The highest BCUT2D eigenvalue weighted by Crippen LogP contribution is 2.45. The Kier molecular flexibility index (Phi) is 9.46. The molecule has 2 aliphatic rings. The van der Waals surface area contributed by atoms with Crippen LogP contribution < -0.4 is 14.2 Å². The number of sulfonamides is 1. The van der Waals surface area contributed by atoms with E-state index in [-0.39, 0.29) is 30.9 Å². The van der Waals surface area contributed by atoms with Crippen molar-refractivity contribution in [2.75, 3.05) is 40.5 Å². The van der Waals surface area contributed by atoms with E-state index >= 15 is 0 Å². The van der Waals surface area contributed by atoms with E-state index in [1.54, 1.807) is 28.1 Å². The number of benzene rings is 1. The molecule has 1 aromatic rings. The predicted molar refractivity (Wildman–Crippen MR) is 136 cm³/mol. The number of carbonyl (C=O) groups is 1. The molecule has 9 heteroatoms. The molecule has 0 spiro atoms. The van der Waals surface area contributed by atoms with E-state index in [1.165, 1.54) is 11.1 Å². The van der Waals surface area contributed by atoms with Crippen molar-refractivity contribution in [3.63, 3.8) is 0 Å². The summed E-state index contributed by atoms with van der Waals surface area (Å²) in [6.45, 7) is 10.1. The van der Waals surface area contributed by atoms with Gasteiger partial charge in [-0.2, -0.15) is 0 Å². The lowest BCUT2D eigenvalue weighted by atomic mass is 9.74. The Morgan fingerprint density at radius 2 is 1.80 bits per heavy atom. The third-order valence-electron chi connectivity index (χ3n) is 7.26. The summed E-state index contributed by atoms with van der Waals surface area (Å²) in [5, 5.41) is -0.530. The van der Waals surface area contributed by atoms with E-state index in [1.807, 2.05) is 0 Å². The molecule has 0 saturated carbocycles. The molecule has 35 heavy (non-hydrogen) atoms. The van der Waals surface area contributed by atoms with Crippen LogP contribution in [0.1, 0.15) is 64.1 Å². The van der Waals surface area contributed by atoms with Gasteiger partial charge in [0.05, 0.1) is 32.5 Å². The zero-order chi connectivity index (χ0) is 25.8. The Bertz CT molecular complexity index is 978. The summed E-state index contributed by atoms with van der Waals surface area (Å²) < 4.78 is 43.0. The van der Waals surface area contributed by atoms with Gasteiger partial charge in [0.1, 0.15) is 0 Å². The molecular weight excluding hydrogens is 468 g/mol. The summed E-state index contributed by atoms with van der Waals surface area (Å²) in [5.74, 6) is 2.38. The minimum absolute atomic E-state index is 0.0307. The number of ether oxygens (including phenoxy) is 3. The van der Waals surface area contributed by atoms with E-state index in [4.69, 9.17) is 14.2 Å². The summed E-state index contributed by atoms with van der Waals surface area (Å²) >= 11 is 0. The number of hydrogen-bond donors (Lipinski definition) is 1. The van der Waals surface area contributed by atoms with Crippen LogP contribution in [0.5, 0.6) is 11.5 Å². The van der Waals surface area contributed by atoms with Gasteiger partial charge in [-0.3, -0.25) is 9.69 Å². The highest BCUT2D eigenvalue weighted by Gasteiger charge is 2.40. The zero-order valence-electron chi connectivity index (χ0n) is 22.0. The number of methoxy groups -OCH3 is 2. The molecule has 8 nitrogen and oxygen atoms in total. The summed E-state index contributed by atoms with van der Waals surface area (Å²) in [6.07, 6.45) is 3.00. The highest BCUT2D eigenvalue weighted by molar-refractivity contribution is 7.90. The predicted octanol–water partition coefficient (Wildman–Crippen LogP) is 3.55. The SMILES string of the molecule is COc1cc2c(cc1OC)C1CC(COC(=O)CCNS(=O)(=O)C(C)C)C(CC(C)C)CN1CC2. The summed E-state index contributed by atoms with van der Waals surface area (Å²) in [4.78, 5) is 15.0. The van der Waals surface area contributed by atoms with Gasteiger partial charge in [0, 0.05) is 25.7 Å². The minimum Gasteiger partial charge on any atom is -0.493 e. The average molecular weight is 511 g/mol. The topological polar surface area (TPSA) is 94.2 Å². The maximum atomic E-state index is 12.4. The second-order valence-corrected chi connectivity index (χ2v) is 12.8. The van der Waals surface area contributed by atoms with Crippen LogP contribution >= 0.6 is 0 Å². The molecule has 3 atom stereocenters. The van der Waals surface area contributed by atoms with E-state index in [2.05, 4.69) is 35.6 Å². The van der Waals surface area contributed by atoms with Crippen LogP contribution in [-0.2, 0) is 26.0 Å². The summed E-state index contributed by atoms with van der Waals surface area (Å²) in [5.41, 5.74) is 2.57. The van der Waals surface area contributed by atoms with Gasteiger partial charge in [0.25, 0.3) is 0 Å². The standard InChI is InChI=1S/C26H42N2O6S/c1-17(2)11-20-15-28-10-8-19-13-24(32-5)25(33-6)14-22(19)23(28)12-21(20)16-34-26(29)7-9-27-35(30,31)18(3)4/h13-14,17-18,20-21,23,27H,7-12,15-16H2,1-6H3. The molecule has 3 unspecified atom stereocenters. The number of fused-ring (bicyclic) bond motifs is 3. The molecule has 0 bridgehead atoms. The van der Waals surface area contributed by atoms with Gasteiger partial charge >= 0.3 is 5.97 Å². The van der Waals surface area contributed by atoms with Crippen LogP contribution in [0.2, 0.25) is 0 Å². The Morgan fingerprint density at radius 3 is 2.43 bits per heavy atom. The van der Waals surface area contributed by atoms with Gasteiger partial charge in [0.15, 0.2) is 11.5 Å². The second-order valence-electron chi connectivity index (χ2n) is 10.5. The van der Waals surface area contributed by atoms with Crippen molar-refractivity contribution in [1.29, 1.82) is 0 Å². The Morgan fingerprint density at radius 1 is 1.11 bits per heavy atom. The number of piperidine rings is 1. The van der Waals surface area contributed by atoms with Crippen LogP contribution in [-0.4, -0.2) is 65.0 Å². The summed E-state index contributed by atoms with van der Waals surface area (Å²) in [7, 11) is -0.0646. The van der Waals surface area contributed by atoms with Gasteiger partial charge in [-0.15, -0.1) is 0 Å². The fraction of sp³-hybridized carbons (Fsp3) is 0.731. The second kappa shape index (κ2) is 11.9. The van der Waals surface area contributed by atoms with Crippen molar-refractivity contribution in [2.24, 2.45) is 17.8 Å². The van der Waals surface area contributed by atoms with Crippen LogP contribution in [0.15, 0.2) is 12.1 Å². The number of nitrogens with one attached hydrogen (secondary N) is 1. The van der Waals surface area contributed by atoms with Gasteiger partial charge in [0.2, 0.25) is 10.0 Å². The maximum absolute atomic E-state index is 12.4. The molecule has 1 fully saturated rings. The van der Waals surface area contributed by atoms with Gasteiger partial charge < -0.3 is 14.2 Å². The molecule has 0 aromatic heterocycles. The lowest BCUT2D eigenvalue weighted by molar-refractivity contribution is -0.146. The van der Waals surface area contributed by atoms with Crippen LogP contribution in [0.3, 0.4) is 0 Å². The van der Waals surface area contributed by atoms with E-state index in [9.17, 15) is 13.2 Å². The minimum atomic E-state index is -3.39. The Hall–Kier alpha value is -1.84. The number of hydrogen-bond acceptors (Lipinski definition) is 7. The van der Waals surface area contributed by atoms with Gasteiger partial charge in [-0.1, -0.05) is 13.8 Å². The first kappa shape index (κ1) is 27.7. The monoisotopic (exact) mass is 510 g/mol. The van der Waals surface area contributed by atoms with Crippen molar-refractivity contribution in [3.8, 4) is 11.5 Å². The van der Waals surface area contributed by atoms with E-state index in [0.717, 1.165) is 43.9 Å². The third kappa shape index (κ3) is 6.89. The average Bonchev–Trinajstić information content (AvgIpc) is 2.81. The first-order valence-corrected chi connectivity index (χ1v) is 14.2. The normalized spacial score (nSPS) is 22.6. The van der Waals surface area contributed by atoms with Crippen molar-refractivity contribution in [1.82, 2.24) is 9.62 Å². The Balaban J connectivity index is 1.69. The van der Waals surface area contributed by atoms with E-state index in [0.29, 0.717) is 18.4 Å². The number of nitrogens with zero attached hydrogens (tertiary/aromatic N) is 1. The molecule has 2 heterocycles. The highest BCUT2D eigenvalue weighted by atomic mass is 32.2. The lowest BCUT2D eigenvalue weighted by Crippen LogP contribution is -2.47. The van der Waals surface area contributed by atoms with Crippen molar-refractivity contribution in [2.45, 2.75) is 64.7 Å². The number of esters is 1. The number of rotatable bonds is 11. The fourth-order valence-electron chi connectivity index (χ4n) is 5.31. The first-order valence-electron chi connectivity index (χ1n) is 12.7. The molecule has 0 radical (unpaired) electrons. The Labute approximate surface area is 210 Å². The first-order chi connectivity index (χ1) is 16.6. The summed E-state index contributed by atoms with van der Waals surface area (Å²) in [6, 6.07) is 4.46. The van der Waals surface area contributed by atoms with Crippen molar-refractivity contribution < 1.29 is 27.4 Å². The molecule has 0 aliphatic carbocycles. The number of carbonyl (C=O) groups excluding carboxylic acids is 1. The quantitative estimate of drug-likeness (QED) is 0.455.